The molecule has 0 radical (unpaired) electrons. The van der Waals surface area contributed by atoms with Crippen LogP contribution in [0.15, 0.2) is 36.5 Å². The number of aryl methyl sites for hydroxylation is 3. The van der Waals surface area contributed by atoms with Crippen molar-refractivity contribution >= 4 is 17.2 Å². The van der Waals surface area contributed by atoms with Gasteiger partial charge in [-0.3, -0.25) is 4.79 Å². The van der Waals surface area contributed by atoms with Gasteiger partial charge in [0.25, 0.3) is 5.91 Å². The van der Waals surface area contributed by atoms with Crippen molar-refractivity contribution in [1.29, 1.82) is 0 Å². The second kappa shape index (κ2) is 5.60. The summed E-state index contributed by atoms with van der Waals surface area (Å²) in [6.45, 7) is 5.91. The Morgan fingerprint density at radius 1 is 1.27 bits per heavy atom. The van der Waals surface area contributed by atoms with Gasteiger partial charge in [0.2, 0.25) is 0 Å². The fourth-order valence-electron chi connectivity index (χ4n) is 2.37. The van der Waals surface area contributed by atoms with Crippen molar-refractivity contribution < 1.29 is 4.79 Å². The Bertz CT molecular complexity index is 851. The number of benzene rings is 1. The lowest BCUT2D eigenvalue weighted by molar-refractivity contribution is 0.102. The molecule has 0 saturated heterocycles. The summed E-state index contributed by atoms with van der Waals surface area (Å²) < 4.78 is 1.69. The predicted octanol–water partition coefficient (Wildman–Crippen LogP) is 3.16. The number of nitrogens with one attached hydrogen (secondary N) is 1. The van der Waals surface area contributed by atoms with Crippen molar-refractivity contribution in [2.24, 2.45) is 0 Å². The van der Waals surface area contributed by atoms with Gasteiger partial charge in [-0.25, -0.2) is 9.50 Å². The summed E-state index contributed by atoms with van der Waals surface area (Å²) >= 11 is 0. The highest BCUT2D eigenvalue weighted by atomic mass is 16.1. The Hall–Kier alpha value is -2.69. The molecule has 1 amide bonds. The van der Waals surface area contributed by atoms with E-state index in [-0.39, 0.29) is 5.91 Å². The van der Waals surface area contributed by atoms with Crippen molar-refractivity contribution in [1.82, 2.24) is 14.6 Å². The van der Waals surface area contributed by atoms with E-state index in [9.17, 15) is 4.79 Å². The zero-order valence-corrected chi connectivity index (χ0v) is 12.9. The number of anilines is 1. The minimum atomic E-state index is -0.129. The lowest BCUT2D eigenvalue weighted by Crippen LogP contribution is -2.14. The topological polar surface area (TPSA) is 59.3 Å². The van der Waals surface area contributed by atoms with E-state index in [1.807, 2.05) is 57.3 Å². The Labute approximate surface area is 129 Å². The van der Waals surface area contributed by atoms with Crippen LogP contribution in [0.5, 0.6) is 0 Å². The van der Waals surface area contributed by atoms with E-state index in [0.717, 1.165) is 23.4 Å². The molecular formula is C17H18N4O. The quantitative estimate of drug-likeness (QED) is 0.807. The van der Waals surface area contributed by atoms with Gasteiger partial charge >= 0.3 is 0 Å². The predicted molar refractivity (Wildman–Crippen MR) is 86.2 cm³/mol. The fraction of sp³-hybridized carbons (Fsp3) is 0.235. The summed E-state index contributed by atoms with van der Waals surface area (Å²) in [5, 5.41) is 7.30. The SMILES string of the molecule is CCc1nc2c(NC(=O)c3cc(C)ccc3C)cccn2n1. The third kappa shape index (κ3) is 2.57. The number of pyridine rings is 1. The van der Waals surface area contributed by atoms with Crippen molar-refractivity contribution in [3.63, 3.8) is 0 Å². The summed E-state index contributed by atoms with van der Waals surface area (Å²) in [6.07, 6.45) is 2.58. The van der Waals surface area contributed by atoms with E-state index >= 15 is 0 Å². The number of fused-ring (bicyclic) bond motifs is 1. The number of amides is 1. The minimum Gasteiger partial charge on any atom is -0.319 e. The molecular weight excluding hydrogens is 276 g/mol. The van der Waals surface area contributed by atoms with Gasteiger partial charge in [-0.1, -0.05) is 24.6 Å². The van der Waals surface area contributed by atoms with Crippen LogP contribution in [-0.2, 0) is 6.42 Å². The van der Waals surface area contributed by atoms with E-state index in [4.69, 9.17) is 0 Å². The van der Waals surface area contributed by atoms with Crippen molar-refractivity contribution in [3.8, 4) is 0 Å². The highest BCUT2D eigenvalue weighted by molar-refractivity contribution is 6.06. The first kappa shape index (κ1) is 14.3. The van der Waals surface area contributed by atoms with E-state index in [0.29, 0.717) is 16.9 Å². The molecule has 0 aliphatic heterocycles. The van der Waals surface area contributed by atoms with Gasteiger partial charge in [0, 0.05) is 18.2 Å². The third-order valence-corrected chi connectivity index (χ3v) is 3.61. The van der Waals surface area contributed by atoms with E-state index in [1.54, 1.807) is 4.52 Å². The first-order valence-electron chi connectivity index (χ1n) is 7.31. The van der Waals surface area contributed by atoms with Crippen molar-refractivity contribution in [2.45, 2.75) is 27.2 Å². The van der Waals surface area contributed by atoms with Crippen LogP contribution in [0.4, 0.5) is 5.69 Å². The molecule has 0 spiro atoms. The molecule has 112 valence electrons. The van der Waals surface area contributed by atoms with Crippen molar-refractivity contribution in [3.05, 3.63) is 59.0 Å². The van der Waals surface area contributed by atoms with Crippen LogP contribution >= 0.6 is 0 Å². The largest absolute Gasteiger partial charge is 0.319 e. The number of nitrogens with zero attached hydrogens (tertiary/aromatic N) is 3. The van der Waals surface area contributed by atoms with Crippen LogP contribution in [0.25, 0.3) is 5.65 Å². The van der Waals surface area contributed by atoms with Gasteiger partial charge in [-0.05, 0) is 37.6 Å². The summed E-state index contributed by atoms with van der Waals surface area (Å²) in [4.78, 5) is 17.0. The molecule has 2 heterocycles. The average molecular weight is 294 g/mol. The maximum Gasteiger partial charge on any atom is 0.256 e. The molecule has 22 heavy (non-hydrogen) atoms. The number of rotatable bonds is 3. The van der Waals surface area contributed by atoms with Crippen LogP contribution in [0.3, 0.4) is 0 Å². The number of hydrogen-bond acceptors (Lipinski definition) is 3. The molecule has 0 aliphatic carbocycles. The van der Waals surface area contributed by atoms with Crippen LogP contribution in [-0.4, -0.2) is 20.5 Å². The number of aromatic nitrogens is 3. The molecule has 3 aromatic rings. The zero-order valence-electron chi connectivity index (χ0n) is 12.9. The Kier molecular flexibility index (Phi) is 3.63. The first-order chi connectivity index (χ1) is 10.6. The van der Waals surface area contributed by atoms with Gasteiger partial charge in [0.1, 0.15) is 0 Å². The lowest BCUT2D eigenvalue weighted by atomic mass is 10.1. The Balaban J connectivity index is 1.97. The maximum atomic E-state index is 12.5. The molecule has 5 heteroatoms. The standard InChI is InChI=1S/C17H18N4O/c1-4-15-19-16-14(6-5-9-21(16)20-15)18-17(22)13-10-11(2)7-8-12(13)3/h5-10H,4H2,1-3H3,(H,18,22). The van der Waals surface area contributed by atoms with Gasteiger partial charge < -0.3 is 5.32 Å². The molecule has 5 nitrogen and oxygen atoms in total. The average Bonchev–Trinajstić information content (AvgIpc) is 2.94. The normalized spacial score (nSPS) is 10.9. The molecule has 3 rings (SSSR count). The second-order valence-electron chi connectivity index (χ2n) is 5.34. The Morgan fingerprint density at radius 2 is 2.09 bits per heavy atom. The Morgan fingerprint density at radius 3 is 2.86 bits per heavy atom. The van der Waals surface area contributed by atoms with Crippen LogP contribution in [0.1, 0.15) is 34.2 Å². The van der Waals surface area contributed by atoms with E-state index < -0.39 is 0 Å². The molecule has 0 saturated carbocycles. The highest BCUT2D eigenvalue weighted by Gasteiger charge is 2.13. The summed E-state index contributed by atoms with van der Waals surface area (Å²) in [6, 6.07) is 9.54. The van der Waals surface area contributed by atoms with E-state index in [1.165, 1.54) is 0 Å². The summed E-state index contributed by atoms with van der Waals surface area (Å²) in [5.74, 6) is 0.629. The van der Waals surface area contributed by atoms with Gasteiger partial charge in [-0.15, -0.1) is 0 Å². The third-order valence-electron chi connectivity index (χ3n) is 3.61. The molecule has 1 N–H and O–H groups in total. The van der Waals surface area contributed by atoms with Crippen molar-refractivity contribution in [2.75, 3.05) is 5.32 Å². The number of hydrogen-bond donors (Lipinski definition) is 1. The molecule has 0 aliphatic rings. The monoisotopic (exact) mass is 294 g/mol. The number of carbonyl (C=O) groups is 1. The molecule has 0 atom stereocenters. The minimum absolute atomic E-state index is 0.129. The van der Waals surface area contributed by atoms with Crippen LogP contribution in [0.2, 0.25) is 0 Å². The smallest absolute Gasteiger partial charge is 0.256 e. The molecule has 2 aromatic heterocycles. The summed E-state index contributed by atoms with van der Waals surface area (Å²) in [5.41, 5.74) is 4.02. The van der Waals surface area contributed by atoms with Gasteiger partial charge in [-0.2, -0.15) is 5.10 Å². The fourth-order valence-corrected chi connectivity index (χ4v) is 2.37. The van der Waals surface area contributed by atoms with Crippen LogP contribution < -0.4 is 5.32 Å². The van der Waals surface area contributed by atoms with E-state index in [2.05, 4.69) is 15.4 Å². The summed E-state index contributed by atoms with van der Waals surface area (Å²) in [7, 11) is 0. The molecule has 0 fully saturated rings. The van der Waals surface area contributed by atoms with Gasteiger partial charge in [0.05, 0.1) is 5.69 Å². The zero-order chi connectivity index (χ0) is 15.7. The molecule has 1 aromatic carbocycles. The van der Waals surface area contributed by atoms with Crippen LogP contribution in [0, 0.1) is 13.8 Å². The first-order valence-corrected chi connectivity index (χ1v) is 7.31. The molecule has 0 bridgehead atoms. The maximum absolute atomic E-state index is 12.5. The number of carbonyl (C=O) groups excluding carboxylic acids is 1. The lowest BCUT2D eigenvalue weighted by Gasteiger charge is -2.09. The molecule has 0 unspecified atom stereocenters. The van der Waals surface area contributed by atoms with Gasteiger partial charge in [0.15, 0.2) is 11.5 Å². The highest BCUT2D eigenvalue weighted by Crippen LogP contribution is 2.18. The second-order valence-corrected chi connectivity index (χ2v) is 5.34.